The summed E-state index contributed by atoms with van der Waals surface area (Å²) in [5, 5.41) is -0.585. The molecule has 0 N–H and O–H groups in total. The van der Waals surface area contributed by atoms with Gasteiger partial charge in [-0.3, -0.25) is 0 Å². The van der Waals surface area contributed by atoms with Gasteiger partial charge in [-0.2, -0.15) is 0 Å². The maximum absolute atomic E-state index is 5.26. The number of hydrogen-bond acceptors (Lipinski definition) is 3. The quantitative estimate of drug-likeness (QED) is 0.448. The summed E-state index contributed by atoms with van der Waals surface area (Å²) >= 11 is 4.21. The van der Waals surface area contributed by atoms with Crippen LogP contribution in [0.4, 0.5) is 0 Å². The Balaban J connectivity index is 2.37. The second-order valence-corrected chi connectivity index (χ2v) is 2.90. The predicted octanol–water partition coefficient (Wildman–Crippen LogP) is 1.42. The van der Waals surface area contributed by atoms with Crippen molar-refractivity contribution in [3.05, 3.63) is 0 Å². The molecule has 0 aromatic rings. The van der Waals surface area contributed by atoms with Crippen LogP contribution in [0.15, 0.2) is 0 Å². The van der Waals surface area contributed by atoms with Gasteiger partial charge in [-0.25, -0.2) is 0 Å². The molecule has 0 aromatic heterocycles. The van der Waals surface area contributed by atoms with Crippen LogP contribution in [0.25, 0.3) is 0 Å². The van der Waals surface area contributed by atoms with E-state index in [4.69, 9.17) is 9.47 Å². The fourth-order valence-electron chi connectivity index (χ4n) is 0.915. The SMILES string of the molecule is COC1(S)CCCCO1. The van der Waals surface area contributed by atoms with Crippen LogP contribution in [0.1, 0.15) is 19.3 Å². The van der Waals surface area contributed by atoms with Crippen LogP contribution >= 0.6 is 12.6 Å². The molecule has 0 radical (unpaired) electrons. The van der Waals surface area contributed by atoms with Crippen LogP contribution in [0.5, 0.6) is 0 Å². The molecule has 1 fully saturated rings. The zero-order chi connectivity index (χ0) is 6.74. The van der Waals surface area contributed by atoms with Gasteiger partial charge in [-0.15, -0.1) is 12.6 Å². The fraction of sp³-hybridized carbons (Fsp3) is 1.00. The number of hydrogen-bond donors (Lipinski definition) is 1. The molecule has 3 heteroatoms. The van der Waals surface area contributed by atoms with E-state index in [1.807, 2.05) is 0 Å². The Kier molecular flexibility index (Phi) is 2.38. The smallest absolute Gasteiger partial charge is 0.214 e. The third kappa shape index (κ3) is 1.85. The standard InChI is InChI=1S/C6H12O2S/c1-7-6(9)4-2-3-5-8-6/h9H,2-5H2,1H3. The van der Waals surface area contributed by atoms with Crippen LogP contribution in [0.2, 0.25) is 0 Å². The molecular weight excluding hydrogens is 136 g/mol. The summed E-state index contributed by atoms with van der Waals surface area (Å²) in [7, 11) is 1.62. The molecule has 0 bridgehead atoms. The van der Waals surface area contributed by atoms with E-state index >= 15 is 0 Å². The first-order valence-electron chi connectivity index (χ1n) is 3.18. The molecule has 1 aliphatic rings. The molecule has 0 aliphatic carbocycles. The molecule has 0 saturated carbocycles. The largest absolute Gasteiger partial charge is 0.345 e. The highest BCUT2D eigenvalue weighted by Crippen LogP contribution is 2.28. The Morgan fingerprint density at radius 1 is 1.56 bits per heavy atom. The van der Waals surface area contributed by atoms with Crippen LogP contribution in [0, 0.1) is 0 Å². The second-order valence-electron chi connectivity index (χ2n) is 2.22. The van der Waals surface area contributed by atoms with Crippen molar-refractivity contribution in [3.8, 4) is 0 Å². The highest BCUT2D eigenvalue weighted by Gasteiger charge is 2.27. The molecule has 9 heavy (non-hydrogen) atoms. The Hall–Kier alpha value is 0.270. The molecule has 2 nitrogen and oxygen atoms in total. The minimum atomic E-state index is -0.585. The lowest BCUT2D eigenvalue weighted by molar-refractivity contribution is -0.173. The van der Waals surface area contributed by atoms with Gasteiger partial charge in [0.1, 0.15) is 0 Å². The van der Waals surface area contributed by atoms with E-state index in [1.165, 1.54) is 0 Å². The van der Waals surface area contributed by atoms with Crippen LogP contribution < -0.4 is 0 Å². The maximum atomic E-state index is 5.26. The summed E-state index contributed by atoms with van der Waals surface area (Å²) in [4.78, 5) is 0. The molecule has 1 aliphatic heterocycles. The van der Waals surface area contributed by atoms with Gasteiger partial charge < -0.3 is 9.47 Å². The normalized spacial score (nSPS) is 36.7. The van der Waals surface area contributed by atoms with Crippen molar-refractivity contribution in [1.82, 2.24) is 0 Å². The van der Waals surface area contributed by atoms with E-state index in [1.54, 1.807) is 7.11 Å². The van der Waals surface area contributed by atoms with Gasteiger partial charge in [0, 0.05) is 13.5 Å². The summed E-state index contributed by atoms with van der Waals surface area (Å²) in [6.45, 7) is 0.775. The number of rotatable bonds is 1. The van der Waals surface area contributed by atoms with Crippen LogP contribution in [-0.2, 0) is 9.47 Å². The van der Waals surface area contributed by atoms with Gasteiger partial charge in [-0.1, -0.05) is 0 Å². The average molecular weight is 148 g/mol. The summed E-state index contributed by atoms with van der Waals surface area (Å²) in [5.74, 6) is 0. The molecule has 0 amide bonds. The molecule has 1 unspecified atom stereocenters. The molecule has 1 heterocycles. The van der Waals surface area contributed by atoms with Gasteiger partial charge in [0.05, 0.1) is 6.61 Å². The fourth-order valence-corrected chi connectivity index (χ4v) is 1.16. The van der Waals surface area contributed by atoms with E-state index in [-0.39, 0.29) is 0 Å². The molecule has 54 valence electrons. The van der Waals surface area contributed by atoms with Crippen molar-refractivity contribution < 1.29 is 9.47 Å². The van der Waals surface area contributed by atoms with E-state index in [0.717, 1.165) is 25.9 Å². The van der Waals surface area contributed by atoms with Gasteiger partial charge in [-0.05, 0) is 12.8 Å². The summed E-state index contributed by atoms with van der Waals surface area (Å²) < 4.78 is 10.3. The van der Waals surface area contributed by atoms with Crippen molar-refractivity contribution in [2.24, 2.45) is 0 Å². The van der Waals surface area contributed by atoms with Crippen molar-refractivity contribution >= 4 is 12.6 Å². The van der Waals surface area contributed by atoms with E-state index in [0.29, 0.717) is 0 Å². The van der Waals surface area contributed by atoms with Crippen molar-refractivity contribution in [1.29, 1.82) is 0 Å². The van der Waals surface area contributed by atoms with Gasteiger partial charge in [0.25, 0.3) is 0 Å². The maximum Gasteiger partial charge on any atom is 0.214 e. The third-order valence-electron chi connectivity index (χ3n) is 1.53. The molecule has 1 saturated heterocycles. The first-order chi connectivity index (χ1) is 4.27. The lowest BCUT2D eigenvalue weighted by Gasteiger charge is -2.30. The predicted molar refractivity (Wildman–Crippen MR) is 38.5 cm³/mol. The highest BCUT2D eigenvalue weighted by molar-refractivity contribution is 7.81. The van der Waals surface area contributed by atoms with Gasteiger partial charge in [0.15, 0.2) is 0 Å². The number of methoxy groups -OCH3 is 1. The lowest BCUT2D eigenvalue weighted by atomic mass is 10.2. The zero-order valence-electron chi connectivity index (χ0n) is 5.59. The Bertz CT molecular complexity index is 89.1. The van der Waals surface area contributed by atoms with E-state index < -0.39 is 5.12 Å². The second kappa shape index (κ2) is 2.90. The zero-order valence-corrected chi connectivity index (χ0v) is 6.49. The average Bonchev–Trinajstić information content (AvgIpc) is 1.90. The first-order valence-corrected chi connectivity index (χ1v) is 3.63. The van der Waals surface area contributed by atoms with Gasteiger partial charge in [0.2, 0.25) is 5.12 Å². The van der Waals surface area contributed by atoms with Gasteiger partial charge >= 0.3 is 0 Å². The van der Waals surface area contributed by atoms with E-state index in [2.05, 4.69) is 12.6 Å². The van der Waals surface area contributed by atoms with Crippen molar-refractivity contribution in [2.45, 2.75) is 24.4 Å². The summed E-state index contributed by atoms with van der Waals surface area (Å²) in [6, 6.07) is 0. The molecular formula is C6H12O2S. The Labute approximate surface area is 60.9 Å². The topological polar surface area (TPSA) is 18.5 Å². The molecule has 1 rings (SSSR count). The van der Waals surface area contributed by atoms with Crippen molar-refractivity contribution in [3.63, 3.8) is 0 Å². The number of thiol groups is 1. The summed E-state index contributed by atoms with van der Waals surface area (Å²) in [6.07, 6.45) is 3.18. The Morgan fingerprint density at radius 3 is 2.67 bits per heavy atom. The molecule has 1 atom stereocenters. The summed E-state index contributed by atoms with van der Waals surface area (Å²) in [5.41, 5.74) is 0. The third-order valence-corrected chi connectivity index (χ3v) is 2.07. The first kappa shape index (κ1) is 7.38. The molecule has 0 spiro atoms. The van der Waals surface area contributed by atoms with Crippen LogP contribution in [0.3, 0.4) is 0 Å². The number of ether oxygens (including phenoxy) is 2. The minimum absolute atomic E-state index is 0.585. The van der Waals surface area contributed by atoms with Crippen molar-refractivity contribution in [2.75, 3.05) is 13.7 Å². The van der Waals surface area contributed by atoms with Crippen LogP contribution in [-0.4, -0.2) is 18.8 Å². The van der Waals surface area contributed by atoms with E-state index in [9.17, 15) is 0 Å². The highest BCUT2D eigenvalue weighted by atomic mass is 32.1. The molecule has 0 aromatic carbocycles. The lowest BCUT2D eigenvalue weighted by Crippen LogP contribution is -2.31. The minimum Gasteiger partial charge on any atom is -0.345 e. The monoisotopic (exact) mass is 148 g/mol. The Morgan fingerprint density at radius 2 is 2.33 bits per heavy atom.